The van der Waals surface area contributed by atoms with Gasteiger partial charge in [0.15, 0.2) is 11.4 Å². The van der Waals surface area contributed by atoms with Gasteiger partial charge in [0, 0.05) is 34.5 Å². The quantitative estimate of drug-likeness (QED) is 0.481. The predicted octanol–water partition coefficient (Wildman–Crippen LogP) is 2.50. The van der Waals surface area contributed by atoms with Crippen molar-refractivity contribution in [1.82, 2.24) is 4.98 Å². The molecule has 0 spiro atoms. The third-order valence-corrected chi connectivity index (χ3v) is 2.36. The summed E-state index contributed by atoms with van der Waals surface area (Å²) in [5, 5.41) is 2.87. The number of methoxy groups -OCH3 is 1. The second-order valence-corrected chi connectivity index (χ2v) is 4.18. The lowest BCUT2D eigenvalue weighted by molar-refractivity contribution is 0.146. The zero-order chi connectivity index (χ0) is 10.9. The van der Waals surface area contributed by atoms with Crippen LogP contribution in [0, 0.1) is 11.2 Å². The van der Waals surface area contributed by atoms with Gasteiger partial charge in [-0.2, -0.15) is 0 Å². The van der Waals surface area contributed by atoms with E-state index in [0.29, 0.717) is 24.7 Å². The molecule has 15 heavy (non-hydrogen) atoms. The summed E-state index contributed by atoms with van der Waals surface area (Å²) in [6.45, 7) is 1.07. The van der Waals surface area contributed by atoms with Gasteiger partial charge in [-0.15, -0.1) is 0 Å². The minimum Gasteiger partial charge on any atom is -0.488 e. The van der Waals surface area contributed by atoms with Crippen LogP contribution in [0.4, 0.5) is 0 Å². The standard InChI is InChI=1S/C10H10INO2S/c1-13-6-7-14-10-3-2-5-12-9(10)4-8-15-11/h2-3,5H,6-7H2,1H3. The molecule has 0 unspecified atom stereocenters. The van der Waals surface area contributed by atoms with Crippen molar-refractivity contribution in [3.63, 3.8) is 0 Å². The zero-order valence-electron chi connectivity index (χ0n) is 8.20. The van der Waals surface area contributed by atoms with Crippen LogP contribution >= 0.6 is 30.1 Å². The Balaban J connectivity index is 2.68. The molecule has 0 bridgehead atoms. The molecule has 0 aliphatic carbocycles. The summed E-state index contributed by atoms with van der Waals surface area (Å²) in [6, 6.07) is 3.68. The lowest BCUT2D eigenvalue weighted by Gasteiger charge is -2.05. The van der Waals surface area contributed by atoms with E-state index in [0.717, 1.165) is 0 Å². The van der Waals surface area contributed by atoms with Crippen molar-refractivity contribution in [3.05, 3.63) is 24.0 Å². The van der Waals surface area contributed by atoms with E-state index in [2.05, 4.69) is 37.4 Å². The smallest absolute Gasteiger partial charge is 0.156 e. The fourth-order valence-corrected chi connectivity index (χ4v) is 1.37. The average Bonchev–Trinajstić information content (AvgIpc) is 2.28. The molecule has 0 aliphatic heterocycles. The molecule has 5 heteroatoms. The first-order valence-corrected chi connectivity index (χ1v) is 7.59. The van der Waals surface area contributed by atoms with E-state index in [1.165, 1.54) is 8.93 Å². The van der Waals surface area contributed by atoms with Crippen molar-refractivity contribution in [2.24, 2.45) is 0 Å². The van der Waals surface area contributed by atoms with Gasteiger partial charge in [0.05, 0.1) is 6.61 Å². The number of pyridine rings is 1. The maximum Gasteiger partial charge on any atom is 0.156 e. The number of hydrogen-bond donors (Lipinski definition) is 0. The molecular weight excluding hydrogens is 325 g/mol. The van der Waals surface area contributed by atoms with Gasteiger partial charge in [0.1, 0.15) is 6.61 Å². The molecule has 0 radical (unpaired) electrons. The minimum absolute atomic E-state index is 0.508. The van der Waals surface area contributed by atoms with Crippen LogP contribution in [0.5, 0.6) is 5.75 Å². The van der Waals surface area contributed by atoms with Crippen molar-refractivity contribution in [2.75, 3.05) is 20.3 Å². The van der Waals surface area contributed by atoms with Crippen molar-refractivity contribution in [3.8, 4) is 16.9 Å². The molecule has 0 aromatic carbocycles. The molecule has 1 aromatic rings. The topological polar surface area (TPSA) is 31.4 Å². The Bertz CT molecular complexity index is 362. The van der Waals surface area contributed by atoms with Gasteiger partial charge >= 0.3 is 0 Å². The molecule has 1 aromatic heterocycles. The second kappa shape index (κ2) is 7.79. The van der Waals surface area contributed by atoms with Crippen molar-refractivity contribution in [2.45, 2.75) is 0 Å². The SMILES string of the molecule is COCCOc1cccnc1C#CSI. The summed E-state index contributed by atoms with van der Waals surface area (Å²) in [6.07, 6.45) is 1.70. The van der Waals surface area contributed by atoms with Crippen molar-refractivity contribution >= 4 is 30.1 Å². The third kappa shape index (κ3) is 4.73. The Kier molecular flexibility index (Phi) is 6.55. The first-order valence-electron chi connectivity index (χ1n) is 4.24. The highest BCUT2D eigenvalue weighted by atomic mass is 127. The number of halogens is 1. The molecule has 0 atom stereocenters. The largest absolute Gasteiger partial charge is 0.488 e. The van der Waals surface area contributed by atoms with Crippen LogP contribution < -0.4 is 4.74 Å². The molecular formula is C10H10INO2S. The molecule has 80 valence electrons. The lowest BCUT2D eigenvalue weighted by atomic mass is 10.3. The number of ether oxygens (including phenoxy) is 2. The van der Waals surface area contributed by atoms with Gasteiger partial charge in [0.25, 0.3) is 0 Å². The Morgan fingerprint density at radius 1 is 1.53 bits per heavy atom. The van der Waals surface area contributed by atoms with Crippen LogP contribution in [0.3, 0.4) is 0 Å². The zero-order valence-corrected chi connectivity index (χ0v) is 11.2. The molecule has 0 aliphatic rings. The van der Waals surface area contributed by atoms with E-state index in [-0.39, 0.29) is 0 Å². The van der Waals surface area contributed by atoms with Crippen LogP contribution in [0.1, 0.15) is 5.69 Å². The van der Waals surface area contributed by atoms with Gasteiger partial charge in [-0.1, -0.05) is 0 Å². The normalized spacial score (nSPS) is 9.20. The summed E-state index contributed by atoms with van der Waals surface area (Å²) in [7, 11) is 3.06. The second-order valence-electron chi connectivity index (χ2n) is 2.50. The number of nitrogens with zero attached hydrogens (tertiary/aromatic N) is 1. The number of hydrogen-bond acceptors (Lipinski definition) is 4. The maximum atomic E-state index is 5.47. The van der Waals surface area contributed by atoms with Gasteiger partial charge in [0.2, 0.25) is 0 Å². The highest BCUT2D eigenvalue weighted by Gasteiger charge is 2.00. The lowest BCUT2D eigenvalue weighted by Crippen LogP contribution is -2.05. The van der Waals surface area contributed by atoms with E-state index in [9.17, 15) is 0 Å². The van der Waals surface area contributed by atoms with Crippen LogP contribution in [-0.2, 0) is 4.74 Å². The summed E-state index contributed by atoms with van der Waals surface area (Å²) < 4.78 is 10.4. The monoisotopic (exact) mass is 335 g/mol. The van der Waals surface area contributed by atoms with Gasteiger partial charge in [-0.25, -0.2) is 4.98 Å². The Hall–Kier alpha value is -0.450. The van der Waals surface area contributed by atoms with Crippen molar-refractivity contribution < 1.29 is 9.47 Å². The first-order chi connectivity index (χ1) is 7.38. The highest BCUT2D eigenvalue weighted by molar-refractivity contribution is 14.2. The predicted molar refractivity (Wildman–Crippen MR) is 70.1 cm³/mol. The van der Waals surface area contributed by atoms with E-state index < -0.39 is 0 Å². The average molecular weight is 335 g/mol. The summed E-state index contributed by atoms with van der Waals surface area (Å²) >= 11 is 2.12. The molecule has 0 amide bonds. The molecule has 1 heterocycles. The van der Waals surface area contributed by atoms with Gasteiger partial charge < -0.3 is 9.47 Å². The van der Waals surface area contributed by atoms with Crippen LogP contribution in [0.25, 0.3) is 0 Å². The summed E-state index contributed by atoms with van der Waals surface area (Å²) in [4.78, 5) is 4.14. The highest BCUT2D eigenvalue weighted by Crippen LogP contribution is 2.15. The number of rotatable bonds is 4. The van der Waals surface area contributed by atoms with Crippen molar-refractivity contribution in [1.29, 1.82) is 0 Å². The Morgan fingerprint density at radius 2 is 2.40 bits per heavy atom. The summed E-state index contributed by atoms with van der Waals surface area (Å²) in [5.41, 5.74) is 0.665. The van der Waals surface area contributed by atoms with Crippen LogP contribution in [-0.4, -0.2) is 25.3 Å². The minimum atomic E-state index is 0.508. The first kappa shape index (κ1) is 12.6. The van der Waals surface area contributed by atoms with E-state index in [4.69, 9.17) is 9.47 Å². The van der Waals surface area contributed by atoms with E-state index >= 15 is 0 Å². The maximum absolute atomic E-state index is 5.47. The molecule has 1 rings (SSSR count). The fourth-order valence-electron chi connectivity index (χ4n) is 0.903. The van der Waals surface area contributed by atoms with E-state index in [1.54, 1.807) is 13.3 Å². The fraction of sp³-hybridized carbons (Fsp3) is 0.300. The van der Waals surface area contributed by atoms with Gasteiger partial charge in [-0.3, -0.25) is 0 Å². The number of aromatic nitrogens is 1. The molecule has 3 nitrogen and oxygen atoms in total. The Morgan fingerprint density at radius 3 is 3.13 bits per heavy atom. The third-order valence-electron chi connectivity index (χ3n) is 1.52. The summed E-state index contributed by atoms with van der Waals surface area (Å²) in [5.74, 6) is 3.62. The van der Waals surface area contributed by atoms with Gasteiger partial charge in [-0.05, 0) is 32.2 Å². The van der Waals surface area contributed by atoms with Crippen LogP contribution in [0.15, 0.2) is 18.3 Å². The van der Waals surface area contributed by atoms with Crippen LogP contribution in [0.2, 0.25) is 0 Å². The van der Waals surface area contributed by atoms with E-state index in [1.807, 2.05) is 12.1 Å². The molecule has 0 saturated heterocycles. The molecule has 0 saturated carbocycles. The molecule has 0 fully saturated rings. The Labute approximate surface area is 106 Å². The molecule has 0 N–H and O–H groups in total.